The van der Waals surface area contributed by atoms with Crippen LogP contribution in [0, 0.1) is 5.92 Å². The van der Waals surface area contributed by atoms with Gasteiger partial charge in [-0.2, -0.15) is 0 Å². The molecule has 1 atom stereocenters. The van der Waals surface area contributed by atoms with E-state index in [-0.39, 0.29) is 0 Å². The van der Waals surface area contributed by atoms with Gasteiger partial charge in [0.25, 0.3) is 0 Å². The molecule has 0 heterocycles. The van der Waals surface area contributed by atoms with Gasteiger partial charge in [-0.15, -0.1) is 0 Å². The SMILES string of the molecule is CCC(CCN)CCCN(C)Cc1ccc(OC)cc1. The fraction of sp³-hybridized carbons (Fsp3) is 0.647. The number of nitrogens with zero attached hydrogens (tertiary/aromatic N) is 1. The third-order valence-electron chi connectivity index (χ3n) is 3.92. The Morgan fingerprint density at radius 2 is 1.90 bits per heavy atom. The van der Waals surface area contributed by atoms with E-state index in [9.17, 15) is 0 Å². The number of methoxy groups -OCH3 is 1. The second kappa shape index (κ2) is 9.78. The molecule has 0 bridgehead atoms. The Morgan fingerprint density at radius 1 is 1.20 bits per heavy atom. The molecule has 3 heteroatoms. The molecule has 0 amide bonds. The highest BCUT2D eigenvalue weighted by Crippen LogP contribution is 2.16. The van der Waals surface area contributed by atoms with Gasteiger partial charge in [-0.25, -0.2) is 0 Å². The molecule has 0 aliphatic rings. The monoisotopic (exact) mass is 278 g/mol. The molecule has 0 saturated carbocycles. The number of ether oxygens (including phenoxy) is 1. The van der Waals surface area contributed by atoms with Crippen molar-refractivity contribution in [2.24, 2.45) is 11.7 Å². The summed E-state index contributed by atoms with van der Waals surface area (Å²) >= 11 is 0. The zero-order valence-electron chi connectivity index (χ0n) is 13.3. The minimum atomic E-state index is 0.800. The van der Waals surface area contributed by atoms with Gasteiger partial charge in [-0.3, -0.25) is 0 Å². The zero-order valence-corrected chi connectivity index (χ0v) is 13.3. The topological polar surface area (TPSA) is 38.5 Å². The van der Waals surface area contributed by atoms with Crippen molar-refractivity contribution >= 4 is 0 Å². The molecule has 0 aliphatic heterocycles. The molecule has 1 aromatic rings. The Hall–Kier alpha value is -1.06. The van der Waals surface area contributed by atoms with Gasteiger partial charge in [0.1, 0.15) is 5.75 Å². The Morgan fingerprint density at radius 3 is 2.45 bits per heavy atom. The van der Waals surface area contributed by atoms with Crippen molar-refractivity contribution in [2.45, 2.75) is 39.2 Å². The van der Waals surface area contributed by atoms with Gasteiger partial charge in [0.05, 0.1) is 7.11 Å². The van der Waals surface area contributed by atoms with Gasteiger partial charge in [0.15, 0.2) is 0 Å². The molecular weight excluding hydrogens is 248 g/mol. The minimum absolute atomic E-state index is 0.800. The fourth-order valence-corrected chi connectivity index (χ4v) is 2.56. The third-order valence-corrected chi connectivity index (χ3v) is 3.92. The predicted molar refractivity (Wildman–Crippen MR) is 86.0 cm³/mol. The Balaban J connectivity index is 2.26. The highest BCUT2D eigenvalue weighted by Gasteiger charge is 2.06. The average molecular weight is 278 g/mol. The van der Waals surface area contributed by atoms with E-state index in [1.165, 1.54) is 31.2 Å². The molecule has 0 aliphatic carbocycles. The number of nitrogens with two attached hydrogens (primary N) is 1. The maximum atomic E-state index is 5.64. The van der Waals surface area contributed by atoms with E-state index in [2.05, 4.69) is 31.0 Å². The van der Waals surface area contributed by atoms with Crippen LogP contribution in [0.4, 0.5) is 0 Å². The lowest BCUT2D eigenvalue weighted by molar-refractivity contribution is 0.300. The van der Waals surface area contributed by atoms with Crippen molar-refractivity contribution in [3.05, 3.63) is 29.8 Å². The van der Waals surface area contributed by atoms with Crippen LogP contribution in [0.15, 0.2) is 24.3 Å². The van der Waals surface area contributed by atoms with E-state index in [0.717, 1.165) is 31.3 Å². The van der Waals surface area contributed by atoms with Crippen LogP contribution in [0.2, 0.25) is 0 Å². The van der Waals surface area contributed by atoms with Crippen LogP contribution in [0.1, 0.15) is 38.2 Å². The molecule has 0 radical (unpaired) electrons. The van der Waals surface area contributed by atoms with Gasteiger partial charge in [-0.05, 0) is 63.0 Å². The smallest absolute Gasteiger partial charge is 0.118 e. The number of hydrogen-bond acceptors (Lipinski definition) is 3. The van der Waals surface area contributed by atoms with Crippen LogP contribution < -0.4 is 10.5 Å². The summed E-state index contributed by atoms with van der Waals surface area (Å²) in [5.74, 6) is 1.72. The summed E-state index contributed by atoms with van der Waals surface area (Å²) in [6.07, 6.45) is 4.96. The van der Waals surface area contributed by atoms with Crippen LogP contribution >= 0.6 is 0 Å². The summed E-state index contributed by atoms with van der Waals surface area (Å²) in [5, 5.41) is 0. The van der Waals surface area contributed by atoms with Gasteiger partial charge < -0.3 is 15.4 Å². The molecule has 114 valence electrons. The summed E-state index contributed by atoms with van der Waals surface area (Å²) < 4.78 is 5.18. The van der Waals surface area contributed by atoms with Crippen LogP contribution in [-0.4, -0.2) is 32.1 Å². The number of rotatable bonds is 10. The van der Waals surface area contributed by atoms with Crippen LogP contribution in [-0.2, 0) is 6.54 Å². The van der Waals surface area contributed by atoms with E-state index in [4.69, 9.17) is 10.5 Å². The fourth-order valence-electron chi connectivity index (χ4n) is 2.56. The number of benzene rings is 1. The van der Waals surface area contributed by atoms with Gasteiger partial charge >= 0.3 is 0 Å². The Labute approximate surface area is 124 Å². The van der Waals surface area contributed by atoms with Crippen LogP contribution in [0.3, 0.4) is 0 Å². The standard InChI is InChI=1S/C17H30N2O/c1-4-15(11-12-18)6-5-13-19(2)14-16-7-9-17(20-3)10-8-16/h7-10,15H,4-6,11-14,18H2,1-3H3. The summed E-state index contributed by atoms with van der Waals surface area (Å²) in [5.41, 5.74) is 6.98. The van der Waals surface area contributed by atoms with Crippen molar-refractivity contribution in [3.8, 4) is 5.75 Å². The maximum absolute atomic E-state index is 5.64. The first-order valence-electron chi connectivity index (χ1n) is 7.71. The largest absolute Gasteiger partial charge is 0.497 e. The Kier molecular flexibility index (Phi) is 8.31. The van der Waals surface area contributed by atoms with E-state index in [1.807, 2.05) is 12.1 Å². The van der Waals surface area contributed by atoms with E-state index in [0.29, 0.717) is 0 Å². The molecule has 2 N–H and O–H groups in total. The molecule has 0 spiro atoms. The van der Waals surface area contributed by atoms with Gasteiger partial charge in [0, 0.05) is 6.54 Å². The average Bonchev–Trinajstić information content (AvgIpc) is 2.47. The first kappa shape index (κ1) is 17.0. The number of hydrogen-bond donors (Lipinski definition) is 1. The molecule has 1 rings (SSSR count). The minimum Gasteiger partial charge on any atom is -0.497 e. The maximum Gasteiger partial charge on any atom is 0.118 e. The van der Waals surface area contributed by atoms with Crippen LogP contribution in [0.5, 0.6) is 5.75 Å². The predicted octanol–water partition coefficient (Wildman–Crippen LogP) is 3.28. The van der Waals surface area contributed by atoms with Crippen molar-refractivity contribution in [1.29, 1.82) is 0 Å². The van der Waals surface area contributed by atoms with Crippen molar-refractivity contribution < 1.29 is 4.74 Å². The normalized spacial score (nSPS) is 12.7. The lowest BCUT2D eigenvalue weighted by Gasteiger charge is -2.19. The summed E-state index contributed by atoms with van der Waals surface area (Å²) in [7, 11) is 3.89. The summed E-state index contributed by atoms with van der Waals surface area (Å²) in [6, 6.07) is 8.33. The highest BCUT2D eigenvalue weighted by molar-refractivity contribution is 5.26. The first-order valence-corrected chi connectivity index (χ1v) is 7.71. The van der Waals surface area contributed by atoms with E-state index in [1.54, 1.807) is 7.11 Å². The van der Waals surface area contributed by atoms with Crippen molar-refractivity contribution in [2.75, 3.05) is 27.2 Å². The first-order chi connectivity index (χ1) is 9.69. The summed E-state index contributed by atoms with van der Waals surface area (Å²) in [6.45, 7) is 5.23. The van der Waals surface area contributed by atoms with E-state index >= 15 is 0 Å². The molecule has 3 nitrogen and oxygen atoms in total. The third kappa shape index (κ3) is 6.40. The second-order valence-electron chi connectivity index (χ2n) is 5.58. The quantitative estimate of drug-likeness (QED) is 0.714. The molecule has 0 aromatic heterocycles. The molecular formula is C17H30N2O. The summed E-state index contributed by atoms with van der Waals surface area (Å²) in [4.78, 5) is 2.39. The molecule has 0 fully saturated rings. The highest BCUT2D eigenvalue weighted by atomic mass is 16.5. The van der Waals surface area contributed by atoms with Crippen LogP contribution in [0.25, 0.3) is 0 Å². The van der Waals surface area contributed by atoms with Gasteiger partial charge in [-0.1, -0.05) is 25.5 Å². The van der Waals surface area contributed by atoms with Crippen molar-refractivity contribution in [1.82, 2.24) is 4.90 Å². The molecule has 1 aromatic carbocycles. The Bertz CT molecular complexity index is 351. The lowest BCUT2D eigenvalue weighted by Crippen LogP contribution is -2.20. The van der Waals surface area contributed by atoms with Gasteiger partial charge in [0.2, 0.25) is 0 Å². The van der Waals surface area contributed by atoms with E-state index < -0.39 is 0 Å². The zero-order chi connectivity index (χ0) is 14.8. The molecule has 1 unspecified atom stereocenters. The van der Waals surface area contributed by atoms with Crippen molar-refractivity contribution in [3.63, 3.8) is 0 Å². The molecule has 20 heavy (non-hydrogen) atoms. The second-order valence-corrected chi connectivity index (χ2v) is 5.58. The lowest BCUT2D eigenvalue weighted by atomic mass is 9.96. The molecule has 0 saturated heterocycles.